The summed E-state index contributed by atoms with van der Waals surface area (Å²) in [5, 5.41) is 27.1. The summed E-state index contributed by atoms with van der Waals surface area (Å²) in [5.41, 5.74) is -0.405. The Morgan fingerprint density at radius 1 is 1.12 bits per heavy atom. The van der Waals surface area contributed by atoms with Crippen LogP contribution in [0.3, 0.4) is 0 Å². The quantitative estimate of drug-likeness (QED) is 0.679. The largest absolute Gasteiger partial charge is 0.504 e. The minimum Gasteiger partial charge on any atom is -0.504 e. The van der Waals surface area contributed by atoms with Gasteiger partial charge in [0.15, 0.2) is 11.5 Å². The molecular formula is C9H7F3O4. The molecule has 16 heavy (non-hydrogen) atoms. The Kier molecular flexibility index (Phi) is 2.97. The Balaban J connectivity index is 3.00. The molecule has 0 saturated heterocycles. The van der Waals surface area contributed by atoms with Crippen molar-refractivity contribution in [1.29, 1.82) is 0 Å². The molecule has 0 heterocycles. The highest BCUT2D eigenvalue weighted by molar-refractivity contribution is 5.86. The molecule has 0 spiro atoms. The van der Waals surface area contributed by atoms with Gasteiger partial charge in [-0.15, -0.1) is 0 Å². The van der Waals surface area contributed by atoms with Crippen LogP contribution in [0.2, 0.25) is 0 Å². The van der Waals surface area contributed by atoms with E-state index in [4.69, 9.17) is 15.3 Å². The molecule has 3 N–H and O–H groups in total. The molecule has 0 aromatic heterocycles. The topological polar surface area (TPSA) is 77.8 Å². The Morgan fingerprint density at radius 2 is 1.69 bits per heavy atom. The zero-order valence-corrected chi connectivity index (χ0v) is 7.75. The van der Waals surface area contributed by atoms with Crippen molar-refractivity contribution >= 4 is 5.78 Å². The average Bonchev–Trinajstić information content (AvgIpc) is 2.17. The third kappa shape index (κ3) is 2.36. The minimum absolute atomic E-state index is 0.405. The fraction of sp³-hybridized carbons (Fsp3) is 0.222. The number of hydrogen-bond acceptors (Lipinski definition) is 4. The molecule has 1 aromatic rings. The summed E-state index contributed by atoms with van der Waals surface area (Å²) in [6, 6.07) is 1.81. The van der Waals surface area contributed by atoms with Crippen LogP contribution in [-0.4, -0.2) is 27.3 Å². The summed E-state index contributed by atoms with van der Waals surface area (Å²) < 4.78 is 35.7. The van der Waals surface area contributed by atoms with E-state index in [1.165, 1.54) is 0 Å². The highest BCUT2D eigenvalue weighted by Crippen LogP contribution is 2.37. The number of benzene rings is 1. The minimum atomic E-state index is -5.00. The molecule has 0 saturated carbocycles. The molecule has 7 heteroatoms. The van der Waals surface area contributed by atoms with E-state index in [0.29, 0.717) is 0 Å². The van der Waals surface area contributed by atoms with Crippen LogP contribution in [-0.2, 0) is 11.2 Å². The van der Waals surface area contributed by atoms with Gasteiger partial charge in [0.05, 0.1) is 0 Å². The molecule has 0 bridgehead atoms. The van der Waals surface area contributed by atoms with Crippen LogP contribution in [0, 0.1) is 0 Å². The fourth-order valence-electron chi connectivity index (χ4n) is 1.03. The lowest BCUT2D eigenvalue weighted by molar-refractivity contribution is -0.170. The summed E-state index contributed by atoms with van der Waals surface area (Å²) in [6.07, 6.45) is -6.09. The molecule has 0 atom stereocenters. The van der Waals surface area contributed by atoms with E-state index in [2.05, 4.69) is 0 Å². The van der Waals surface area contributed by atoms with Gasteiger partial charge in [-0.25, -0.2) is 0 Å². The SMILES string of the molecule is O=C(Cc1ccc(O)c(O)c1O)C(F)(F)F. The Labute approximate surface area is 87.6 Å². The van der Waals surface area contributed by atoms with Gasteiger partial charge in [-0.3, -0.25) is 4.79 Å². The van der Waals surface area contributed by atoms with Gasteiger partial charge in [0, 0.05) is 12.0 Å². The van der Waals surface area contributed by atoms with E-state index >= 15 is 0 Å². The lowest BCUT2D eigenvalue weighted by atomic mass is 10.1. The van der Waals surface area contributed by atoms with Crippen molar-refractivity contribution in [1.82, 2.24) is 0 Å². The molecule has 0 unspecified atom stereocenters. The summed E-state index contributed by atoms with van der Waals surface area (Å²) in [4.78, 5) is 10.6. The van der Waals surface area contributed by atoms with Gasteiger partial charge in [-0.05, 0) is 6.07 Å². The van der Waals surface area contributed by atoms with E-state index in [1.807, 2.05) is 0 Å². The summed E-state index contributed by atoms with van der Waals surface area (Å²) >= 11 is 0. The van der Waals surface area contributed by atoms with Crippen LogP contribution in [0.15, 0.2) is 12.1 Å². The summed E-state index contributed by atoms with van der Waals surface area (Å²) in [5.74, 6) is -4.61. The molecule has 88 valence electrons. The monoisotopic (exact) mass is 236 g/mol. The van der Waals surface area contributed by atoms with Crippen LogP contribution >= 0.6 is 0 Å². The summed E-state index contributed by atoms with van der Waals surface area (Å²) in [7, 11) is 0. The van der Waals surface area contributed by atoms with Gasteiger partial charge >= 0.3 is 6.18 Å². The number of halogens is 3. The molecule has 0 fully saturated rings. The number of carbonyl (C=O) groups excluding carboxylic acids is 1. The first-order chi connectivity index (χ1) is 7.23. The van der Waals surface area contributed by atoms with Gasteiger partial charge in [0.1, 0.15) is 0 Å². The predicted molar refractivity (Wildman–Crippen MR) is 46.2 cm³/mol. The molecular weight excluding hydrogens is 229 g/mol. The standard InChI is InChI=1S/C9H7F3O4/c10-9(11,12)6(14)3-4-1-2-5(13)8(16)7(4)15/h1-2,13,15-16H,3H2. The summed E-state index contributed by atoms with van der Waals surface area (Å²) in [6.45, 7) is 0. The third-order valence-electron chi connectivity index (χ3n) is 1.88. The Bertz CT molecular complexity index is 425. The second-order valence-corrected chi connectivity index (χ2v) is 3.04. The van der Waals surface area contributed by atoms with Crippen molar-refractivity contribution in [2.45, 2.75) is 12.6 Å². The van der Waals surface area contributed by atoms with Gasteiger partial charge in [0.2, 0.25) is 11.5 Å². The molecule has 4 nitrogen and oxygen atoms in total. The zero-order chi connectivity index (χ0) is 12.5. The number of phenolic OH excluding ortho intramolecular Hbond substituents is 3. The second-order valence-electron chi connectivity index (χ2n) is 3.04. The Hall–Kier alpha value is -1.92. The van der Waals surface area contributed by atoms with E-state index in [-0.39, 0.29) is 0 Å². The maximum Gasteiger partial charge on any atom is 0.450 e. The number of aromatic hydroxyl groups is 3. The van der Waals surface area contributed by atoms with Crippen LogP contribution in [0.25, 0.3) is 0 Å². The van der Waals surface area contributed by atoms with Crippen molar-refractivity contribution in [3.05, 3.63) is 17.7 Å². The van der Waals surface area contributed by atoms with Crippen molar-refractivity contribution in [2.75, 3.05) is 0 Å². The van der Waals surface area contributed by atoms with Crippen LogP contribution in [0.4, 0.5) is 13.2 Å². The van der Waals surface area contributed by atoms with Crippen molar-refractivity contribution in [3.8, 4) is 17.2 Å². The second kappa shape index (κ2) is 3.92. The molecule has 0 aliphatic carbocycles. The maximum atomic E-state index is 11.9. The lowest BCUT2D eigenvalue weighted by Gasteiger charge is -2.08. The fourth-order valence-corrected chi connectivity index (χ4v) is 1.03. The molecule has 0 radical (unpaired) electrons. The number of hydrogen-bond donors (Lipinski definition) is 3. The van der Waals surface area contributed by atoms with E-state index < -0.39 is 41.2 Å². The van der Waals surface area contributed by atoms with E-state index in [0.717, 1.165) is 12.1 Å². The molecule has 0 aliphatic heterocycles. The van der Waals surface area contributed by atoms with Gasteiger partial charge in [-0.1, -0.05) is 6.07 Å². The third-order valence-corrected chi connectivity index (χ3v) is 1.88. The van der Waals surface area contributed by atoms with Gasteiger partial charge in [-0.2, -0.15) is 13.2 Å². The highest BCUT2D eigenvalue weighted by Gasteiger charge is 2.38. The number of Topliss-reactive ketones (excluding diaryl/α,β-unsaturated/α-hetero) is 1. The normalized spacial score (nSPS) is 11.4. The Morgan fingerprint density at radius 3 is 2.19 bits per heavy atom. The molecule has 1 aromatic carbocycles. The maximum absolute atomic E-state index is 11.9. The van der Waals surface area contributed by atoms with Crippen LogP contribution in [0.1, 0.15) is 5.56 Å². The lowest BCUT2D eigenvalue weighted by Crippen LogP contribution is -2.24. The van der Waals surface area contributed by atoms with Crippen LogP contribution in [0.5, 0.6) is 17.2 Å². The van der Waals surface area contributed by atoms with E-state index in [9.17, 15) is 18.0 Å². The molecule has 1 rings (SSSR count). The van der Waals surface area contributed by atoms with Gasteiger partial charge in [0.25, 0.3) is 0 Å². The van der Waals surface area contributed by atoms with Crippen molar-refractivity contribution < 1.29 is 33.3 Å². The van der Waals surface area contributed by atoms with Crippen molar-refractivity contribution in [3.63, 3.8) is 0 Å². The predicted octanol–water partition coefficient (Wildman–Crippen LogP) is 1.48. The smallest absolute Gasteiger partial charge is 0.450 e. The number of carbonyl (C=O) groups is 1. The first-order valence-corrected chi connectivity index (χ1v) is 4.06. The van der Waals surface area contributed by atoms with E-state index in [1.54, 1.807) is 0 Å². The van der Waals surface area contributed by atoms with Crippen LogP contribution < -0.4 is 0 Å². The first-order valence-electron chi connectivity index (χ1n) is 4.06. The number of alkyl halides is 3. The van der Waals surface area contributed by atoms with Gasteiger partial charge < -0.3 is 15.3 Å². The molecule has 0 aliphatic rings. The zero-order valence-electron chi connectivity index (χ0n) is 7.75. The number of rotatable bonds is 2. The average molecular weight is 236 g/mol. The molecule has 0 amide bonds. The number of ketones is 1. The van der Waals surface area contributed by atoms with Crippen molar-refractivity contribution in [2.24, 2.45) is 0 Å². The first kappa shape index (κ1) is 12.2. The number of phenols is 3. The highest BCUT2D eigenvalue weighted by atomic mass is 19.4.